The van der Waals surface area contributed by atoms with Gasteiger partial charge in [-0.05, 0) is 51.2 Å². The standard InChI is InChI=1S/C22H24N2O4S/c1-3-27-15-11-7-9-13(19(15)25)16-12-8-5-6-10-14(12)24-21-17(16)18(23)20(29-21)22(26)28-4-2/h7,9,11,25H,3-6,8,10,23H2,1-2H3. The summed E-state index contributed by atoms with van der Waals surface area (Å²) in [4.78, 5) is 18.3. The van der Waals surface area contributed by atoms with Gasteiger partial charge in [0.1, 0.15) is 9.71 Å². The molecule has 0 bridgehead atoms. The summed E-state index contributed by atoms with van der Waals surface area (Å²) in [5.74, 6) is 0.0704. The van der Waals surface area contributed by atoms with Crippen molar-refractivity contribution >= 4 is 33.2 Å². The number of esters is 1. The summed E-state index contributed by atoms with van der Waals surface area (Å²) in [6, 6.07) is 5.47. The Morgan fingerprint density at radius 2 is 2.03 bits per heavy atom. The van der Waals surface area contributed by atoms with Crippen molar-refractivity contribution in [2.45, 2.75) is 39.5 Å². The molecule has 7 heteroatoms. The van der Waals surface area contributed by atoms with Gasteiger partial charge in [0.2, 0.25) is 0 Å². The summed E-state index contributed by atoms with van der Waals surface area (Å²) in [5, 5.41) is 11.7. The lowest BCUT2D eigenvalue weighted by atomic mass is 9.87. The number of hydrogen-bond donors (Lipinski definition) is 2. The third kappa shape index (κ3) is 3.29. The van der Waals surface area contributed by atoms with Gasteiger partial charge in [-0.25, -0.2) is 9.78 Å². The Morgan fingerprint density at radius 1 is 1.24 bits per heavy atom. The lowest BCUT2D eigenvalue weighted by Gasteiger charge is -2.21. The number of fused-ring (bicyclic) bond motifs is 2. The van der Waals surface area contributed by atoms with Crippen molar-refractivity contribution in [2.75, 3.05) is 18.9 Å². The quantitative estimate of drug-likeness (QED) is 0.590. The second-order valence-electron chi connectivity index (χ2n) is 6.95. The molecule has 2 aromatic heterocycles. The van der Waals surface area contributed by atoms with Gasteiger partial charge in [-0.3, -0.25) is 0 Å². The molecule has 4 rings (SSSR count). The Hall–Kier alpha value is -2.80. The summed E-state index contributed by atoms with van der Waals surface area (Å²) in [7, 11) is 0. The highest BCUT2D eigenvalue weighted by Crippen LogP contribution is 2.47. The molecule has 29 heavy (non-hydrogen) atoms. The zero-order valence-corrected chi connectivity index (χ0v) is 17.4. The topological polar surface area (TPSA) is 94.7 Å². The number of aromatic nitrogens is 1. The minimum atomic E-state index is -0.441. The number of phenols is 1. The van der Waals surface area contributed by atoms with E-state index in [1.165, 1.54) is 11.3 Å². The fraction of sp³-hybridized carbons (Fsp3) is 0.364. The molecule has 0 fully saturated rings. The van der Waals surface area contributed by atoms with E-state index in [1.54, 1.807) is 13.0 Å². The smallest absolute Gasteiger partial charge is 0.350 e. The van der Waals surface area contributed by atoms with Crippen molar-refractivity contribution in [3.8, 4) is 22.6 Å². The fourth-order valence-corrected chi connectivity index (χ4v) is 4.97. The first-order chi connectivity index (χ1) is 14.1. The average Bonchev–Trinajstić information content (AvgIpc) is 3.05. The summed E-state index contributed by atoms with van der Waals surface area (Å²) >= 11 is 1.25. The normalized spacial score (nSPS) is 13.3. The van der Waals surface area contributed by atoms with Crippen molar-refractivity contribution in [2.24, 2.45) is 0 Å². The van der Waals surface area contributed by atoms with Gasteiger partial charge >= 0.3 is 5.97 Å². The number of benzene rings is 1. The molecule has 0 saturated heterocycles. The van der Waals surface area contributed by atoms with Crippen LogP contribution in [-0.2, 0) is 17.6 Å². The predicted octanol–water partition coefficient (Wildman–Crippen LogP) is 4.71. The average molecular weight is 413 g/mol. The number of thiophene rings is 1. The Kier molecular flexibility index (Phi) is 5.32. The Morgan fingerprint density at radius 3 is 2.79 bits per heavy atom. The van der Waals surface area contributed by atoms with Crippen LogP contribution in [0, 0.1) is 0 Å². The van der Waals surface area contributed by atoms with E-state index in [0.717, 1.165) is 42.5 Å². The van der Waals surface area contributed by atoms with Crippen LogP contribution in [0.2, 0.25) is 0 Å². The van der Waals surface area contributed by atoms with Crippen LogP contribution in [0.1, 0.15) is 47.6 Å². The molecule has 0 saturated carbocycles. The number of phenolic OH excluding ortho intramolecular Hbond substituents is 1. The molecule has 0 spiro atoms. The number of carbonyl (C=O) groups is 1. The van der Waals surface area contributed by atoms with Gasteiger partial charge in [-0.15, -0.1) is 11.3 Å². The van der Waals surface area contributed by atoms with Gasteiger partial charge in [0, 0.05) is 22.2 Å². The van der Waals surface area contributed by atoms with Crippen LogP contribution in [0.5, 0.6) is 11.5 Å². The molecule has 1 aromatic carbocycles. The molecule has 2 heterocycles. The molecule has 1 aliphatic carbocycles. The number of nitrogens with zero attached hydrogens (tertiary/aromatic N) is 1. The van der Waals surface area contributed by atoms with Crippen LogP contribution in [0.3, 0.4) is 0 Å². The van der Waals surface area contributed by atoms with E-state index < -0.39 is 5.97 Å². The molecule has 0 unspecified atom stereocenters. The number of rotatable bonds is 5. The van der Waals surface area contributed by atoms with Crippen molar-refractivity contribution in [3.05, 3.63) is 34.3 Å². The molecule has 0 radical (unpaired) electrons. The van der Waals surface area contributed by atoms with E-state index in [4.69, 9.17) is 20.2 Å². The highest BCUT2D eigenvalue weighted by molar-refractivity contribution is 7.21. The number of nitrogens with two attached hydrogens (primary N) is 1. The SMILES string of the molecule is CCOC(=O)c1sc2nc3c(c(-c4cccc(OCC)c4O)c2c1N)CCCC3. The summed E-state index contributed by atoms with van der Waals surface area (Å²) < 4.78 is 10.8. The van der Waals surface area contributed by atoms with Gasteiger partial charge in [0.25, 0.3) is 0 Å². The third-order valence-electron chi connectivity index (χ3n) is 5.18. The molecular weight excluding hydrogens is 388 g/mol. The van der Waals surface area contributed by atoms with E-state index in [1.807, 2.05) is 19.1 Å². The number of aryl methyl sites for hydroxylation is 1. The lowest BCUT2D eigenvalue weighted by Crippen LogP contribution is -2.08. The van der Waals surface area contributed by atoms with E-state index in [9.17, 15) is 9.90 Å². The molecule has 0 aliphatic heterocycles. The molecule has 6 nitrogen and oxygen atoms in total. The molecule has 0 amide bonds. The third-order valence-corrected chi connectivity index (χ3v) is 6.26. The van der Waals surface area contributed by atoms with Crippen molar-refractivity contribution in [1.29, 1.82) is 0 Å². The Bertz CT molecular complexity index is 1090. The number of pyridine rings is 1. The number of para-hydroxylation sites is 1. The van der Waals surface area contributed by atoms with Gasteiger partial charge < -0.3 is 20.3 Å². The summed E-state index contributed by atoms with van der Waals surface area (Å²) in [5.41, 5.74) is 10.4. The zero-order valence-electron chi connectivity index (χ0n) is 16.6. The van der Waals surface area contributed by atoms with Crippen LogP contribution in [0.25, 0.3) is 21.3 Å². The Labute approximate surface area is 173 Å². The first-order valence-electron chi connectivity index (χ1n) is 9.92. The molecule has 3 N–H and O–H groups in total. The van der Waals surface area contributed by atoms with E-state index in [-0.39, 0.29) is 12.4 Å². The van der Waals surface area contributed by atoms with E-state index in [0.29, 0.717) is 38.7 Å². The number of carbonyl (C=O) groups excluding carboxylic acids is 1. The van der Waals surface area contributed by atoms with Gasteiger partial charge in [-0.2, -0.15) is 0 Å². The largest absolute Gasteiger partial charge is 0.504 e. The van der Waals surface area contributed by atoms with Gasteiger partial charge in [-0.1, -0.05) is 12.1 Å². The molecule has 1 aliphatic rings. The summed E-state index contributed by atoms with van der Waals surface area (Å²) in [6.07, 6.45) is 3.85. The lowest BCUT2D eigenvalue weighted by molar-refractivity contribution is 0.0533. The fourth-order valence-electron chi connectivity index (χ4n) is 3.95. The first-order valence-corrected chi connectivity index (χ1v) is 10.7. The molecule has 152 valence electrons. The molecule has 0 atom stereocenters. The Balaban J connectivity index is 2.04. The minimum Gasteiger partial charge on any atom is -0.504 e. The van der Waals surface area contributed by atoms with Crippen LogP contribution in [0.15, 0.2) is 18.2 Å². The number of ether oxygens (including phenoxy) is 2. The van der Waals surface area contributed by atoms with Crippen LogP contribution >= 0.6 is 11.3 Å². The number of hydrogen-bond acceptors (Lipinski definition) is 7. The van der Waals surface area contributed by atoms with E-state index in [2.05, 4.69) is 0 Å². The summed E-state index contributed by atoms with van der Waals surface area (Å²) in [6.45, 7) is 4.37. The maximum Gasteiger partial charge on any atom is 0.350 e. The number of nitrogen functional groups attached to an aromatic ring is 1. The molecule has 3 aromatic rings. The van der Waals surface area contributed by atoms with E-state index >= 15 is 0 Å². The maximum absolute atomic E-state index is 12.4. The van der Waals surface area contributed by atoms with Crippen LogP contribution < -0.4 is 10.5 Å². The highest BCUT2D eigenvalue weighted by Gasteiger charge is 2.27. The first kappa shape index (κ1) is 19.5. The highest BCUT2D eigenvalue weighted by atomic mass is 32.1. The number of anilines is 1. The maximum atomic E-state index is 12.4. The minimum absolute atomic E-state index is 0.0814. The second-order valence-corrected chi connectivity index (χ2v) is 7.95. The van der Waals surface area contributed by atoms with Crippen molar-refractivity contribution in [3.63, 3.8) is 0 Å². The van der Waals surface area contributed by atoms with Crippen LogP contribution in [-0.4, -0.2) is 29.3 Å². The zero-order chi connectivity index (χ0) is 20.5. The monoisotopic (exact) mass is 412 g/mol. The van der Waals surface area contributed by atoms with Crippen molar-refractivity contribution in [1.82, 2.24) is 4.98 Å². The van der Waals surface area contributed by atoms with Crippen molar-refractivity contribution < 1.29 is 19.4 Å². The second kappa shape index (κ2) is 7.91. The number of aromatic hydroxyl groups is 1. The predicted molar refractivity (Wildman–Crippen MR) is 115 cm³/mol. The van der Waals surface area contributed by atoms with Gasteiger partial charge in [0.15, 0.2) is 11.5 Å². The van der Waals surface area contributed by atoms with Gasteiger partial charge in [0.05, 0.1) is 18.9 Å². The van der Waals surface area contributed by atoms with Crippen LogP contribution in [0.4, 0.5) is 5.69 Å². The molecular formula is C22H24N2O4S.